The van der Waals surface area contributed by atoms with E-state index < -0.39 is 0 Å². The quantitative estimate of drug-likeness (QED) is 0.448. The standard InChI is InChI=1S/C7H11N/c1-6-3-7(2)5-8-4-6/h3-4,7H,5H2,1-2H3/t7-/m0/s1. The van der Waals surface area contributed by atoms with Gasteiger partial charge < -0.3 is 0 Å². The molecule has 0 bridgehead atoms. The van der Waals surface area contributed by atoms with Gasteiger partial charge in [-0.3, -0.25) is 4.99 Å². The van der Waals surface area contributed by atoms with Crippen LogP contribution in [-0.2, 0) is 0 Å². The van der Waals surface area contributed by atoms with E-state index in [1.54, 1.807) is 0 Å². The van der Waals surface area contributed by atoms with Gasteiger partial charge in [-0.2, -0.15) is 0 Å². The fourth-order valence-electron chi connectivity index (χ4n) is 0.907. The van der Waals surface area contributed by atoms with Crippen LogP contribution in [0.5, 0.6) is 0 Å². The molecule has 0 amide bonds. The van der Waals surface area contributed by atoms with Crippen LogP contribution in [0.15, 0.2) is 16.6 Å². The van der Waals surface area contributed by atoms with Crippen molar-refractivity contribution in [1.29, 1.82) is 0 Å². The largest absolute Gasteiger partial charge is 0.292 e. The average molecular weight is 109 g/mol. The van der Waals surface area contributed by atoms with Crippen LogP contribution in [0.3, 0.4) is 0 Å². The van der Waals surface area contributed by atoms with Gasteiger partial charge in [0.1, 0.15) is 0 Å². The predicted octanol–water partition coefficient (Wildman–Crippen LogP) is 1.65. The molecule has 1 nitrogen and oxygen atoms in total. The van der Waals surface area contributed by atoms with Crippen LogP contribution in [-0.4, -0.2) is 12.8 Å². The maximum Gasteiger partial charge on any atom is 0.0449 e. The molecule has 1 heteroatoms. The lowest BCUT2D eigenvalue weighted by atomic mass is 10.1. The summed E-state index contributed by atoms with van der Waals surface area (Å²) in [4.78, 5) is 4.15. The molecule has 44 valence electrons. The topological polar surface area (TPSA) is 12.4 Å². The van der Waals surface area contributed by atoms with E-state index in [1.807, 2.05) is 6.21 Å². The molecule has 1 aliphatic heterocycles. The first-order valence-corrected chi connectivity index (χ1v) is 2.97. The second-order valence-electron chi connectivity index (χ2n) is 2.38. The van der Waals surface area contributed by atoms with Crippen molar-refractivity contribution in [3.8, 4) is 0 Å². The maximum absolute atomic E-state index is 4.15. The van der Waals surface area contributed by atoms with Crippen LogP contribution < -0.4 is 0 Å². The van der Waals surface area contributed by atoms with Crippen LogP contribution in [0.1, 0.15) is 13.8 Å². The van der Waals surface area contributed by atoms with Crippen LogP contribution in [0.4, 0.5) is 0 Å². The van der Waals surface area contributed by atoms with Crippen molar-refractivity contribution in [1.82, 2.24) is 0 Å². The van der Waals surface area contributed by atoms with Gasteiger partial charge >= 0.3 is 0 Å². The Bertz CT molecular complexity index is 133. The minimum Gasteiger partial charge on any atom is -0.292 e. The third-order valence-electron chi connectivity index (χ3n) is 1.24. The highest BCUT2D eigenvalue weighted by Crippen LogP contribution is 2.05. The Labute approximate surface area is 50.1 Å². The SMILES string of the molecule is CC1=C[C@H](C)CN=C1. The van der Waals surface area contributed by atoms with E-state index in [0.717, 1.165) is 6.54 Å². The fourth-order valence-corrected chi connectivity index (χ4v) is 0.907. The molecule has 0 aromatic carbocycles. The lowest BCUT2D eigenvalue weighted by molar-refractivity contribution is 0.731. The van der Waals surface area contributed by atoms with Gasteiger partial charge in [-0.15, -0.1) is 0 Å². The van der Waals surface area contributed by atoms with Crippen molar-refractivity contribution in [2.45, 2.75) is 13.8 Å². The first-order chi connectivity index (χ1) is 3.79. The van der Waals surface area contributed by atoms with E-state index in [4.69, 9.17) is 0 Å². The first kappa shape index (κ1) is 5.54. The molecular formula is C7H11N. The Morgan fingerprint density at radius 3 is 2.88 bits per heavy atom. The van der Waals surface area contributed by atoms with Crippen molar-refractivity contribution in [2.75, 3.05) is 6.54 Å². The molecule has 1 aliphatic rings. The van der Waals surface area contributed by atoms with Gasteiger partial charge in [-0.05, 0) is 18.4 Å². The van der Waals surface area contributed by atoms with E-state index in [-0.39, 0.29) is 0 Å². The molecule has 0 fully saturated rings. The number of hydrogen-bond acceptors (Lipinski definition) is 1. The zero-order valence-electron chi connectivity index (χ0n) is 5.39. The Kier molecular flexibility index (Phi) is 1.47. The summed E-state index contributed by atoms with van der Waals surface area (Å²) in [7, 11) is 0. The van der Waals surface area contributed by atoms with E-state index in [9.17, 15) is 0 Å². The van der Waals surface area contributed by atoms with Crippen molar-refractivity contribution < 1.29 is 0 Å². The van der Waals surface area contributed by atoms with Crippen LogP contribution in [0.25, 0.3) is 0 Å². The molecule has 0 aromatic rings. The minimum absolute atomic E-state index is 0.653. The molecule has 0 aliphatic carbocycles. The number of aliphatic imine (C=N–C) groups is 1. The monoisotopic (exact) mass is 109 g/mol. The molecule has 1 rings (SSSR count). The van der Waals surface area contributed by atoms with Crippen molar-refractivity contribution >= 4 is 6.21 Å². The fraction of sp³-hybridized carbons (Fsp3) is 0.571. The van der Waals surface area contributed by atoms with Crippen LogP contribution in [0.2, 0.25) is 0 Å². The van der Waals surface area contributed by atoms with E-state index >= 15 is 0 Å². The van der Waals surface area contributed by atoms with Gasteiger partial charge in [-0.1, -0.05) is 13.0 Å². The highest BCUT2D eigenvalue weighted by molar-refractivity contribution is 5.78. The molecule has 0 unspecified atom stereocenters. The second-order valence-corrected chi connectivity index (χ2v) is 2.38. The molecule has 1 heterocycles. The molecule has 1 atom stereocenters. The third kappa shape index (κ3) is 1.19. The normalized spacial score (nSPS) is 27.8. The molecule has 0 saturated heterocycles. The Hall–Kier alpha value is -0.590. The number of nitrogens with zero attached hydrogens (tertiary/aromatic N) is 1. The smallest absolute Gasteiger partial charge is 0.0449 e. The highest BCUT2D eigenvalue weighted by Gasteiger charge is 1.99. The van der Waals surface area contributed by atoms with E-state index in [2.05, 4.69) is 24.9 Å². The Balaban J connectivity index is 2.63. The van der Waals surface area contributed by atoms with Gasteiger partial charge in [0, 0.05) is 12.8 Å². The summed E-state index contributed by atoms with van der Waals surface area (Å²) in [6.07, 6.45) is 4.17. The molecule has 8 heavy (non-hydrogen) atoms. The molecule has 0 radical (unpaired) electrons. The summed E-state index contributed by atoms with van der Waals surface area (Å²) < 4.78 is 0. The Morgan fingerprint density at radius 1 is 1.75 bits per heavy atom. The van der Waals surface area contributed by atoms with E-state index in [1.165, 1.54) is 5.57 Å². The third-order valence-corrected chi connectivity index (χ3v) is 1.24. The number of rotatable bonds is 0. The summed E-state index contributed by atoms with van der Waals surface area (Å²) in [5, 5.41) is 0. The first-order valence-electron chi connectivity index (χ1n) is 2.97. The van der Waals surface area contributed by atoms with Gasteiger partial charge in [0.15, 0.2) is 0 Å². The molecule has 0 spiro atoms. The maximum atomic E-state index is 4.15. The summed E-state index contributed by atoms with van der Waals surface area (Å²) >= 11 is 0. The van der Waals surface area contributed by atoms with Gasteiger partial charge in [0.05, 0.1) is 0 Å². The van der Waals surface area contributed by atoms with Gasteiger partial charge in [0.25, 0.3) is 0 Å². The second kappa shape index (κ2) is 2.12. The molecule has 0 N–H and O–H groups in total. The lowest BCUT2D eigenvalue weighted by Crippen LogP contribution is -2.01. The highest BCUT2D eigenvalue weighted by atomic mass is 14.7. The average Bonchev–Trinajstić information content (AvgIpc) is 1.64. The van der Waals surface area contributed by atoms with Crippen molar-refractivity contribution in [3.63, 3.8) is 0 Å². The summed E-state index contributed by atoms with van der Waals surface area (Å²) in [6, 6.07) is 0. The molecule has 0 aromatic heterocycles. The van der Waals surface area contributed by atoms with Gasteiger partial charge in [-0.25, -0.2) is 0 Å². The zero-order chi connectivity index (χ0) is 5.98. The zero-order valence-corrected chi connectivity index (χ0v) is 5.39. The molecular weight excluding hydrogens is 98.1 g/mol. The summed E-state index contributed by atoms with van der Waals surface area (Å²) in [5.74, 6) is 0.653. The summed E-state index contributed by atoms with van der Waals surface area (Å²) in [6.45, 7) is 5.23. The van der Waals surface area contributed by atoms with Crippen molar-refractivity contribution in [3.05, 3.63) is 11.6 Å². The Morgan fingerprint density at radius 2 is 2.50 bits per heavy atom. The van der Waals surface area contributed by atoms with E-state index in [0.29, 0.717) is 5.92 Å². The molecule has 0 saturated carbocycles. The van der Waals surface area contributed by atoms with Crippen LogP contribution in [0, 0.1) is 5.92 Å². The minimum atomic E-state index is 0.653. The summed E-state index contributed by atoms with van der Waals surface area (Å²) in [5.41, 5.74) is 1.30. The number of allylic oxidation sites excluding steroid dienone is 1. The van der Waals surface area contributed by atoms with Gasteiger partial charge in [0.2, 0.25) is 0 Å². The number of dihydropyridines is 1. The van der Waals surface area contributed by atoms with Crippen molar-refractivity contribution in [2.24, 2.45) is 10.9 Å². The van der Waals surface area contributed by atoms with Crippen LogP contribution >= 0.6 is 0 Å². The predicted molar refractivity (Wildman–Crippen MR) is 36.3 cm³/mol. The lowest BCUT2D eigenvalue weighted by Gasteiger charge is -2.06. The number of hydrogen-bond donors (Lipinski definition) is 0.